The van der Waals surface area contributed by atoms with Crippen LogP contribution in [0.15, 0.2) is 53.7 Å². The molecule has 0 spiro atoms. The van der Waals surface area contributed by atoms with Crippen LogP contribution in [0.3, 0.4) is 0 Å². The molecule has 2 N–H and O–H groups in total. The molecule has 1 saturated heterocycles. The lowest BCUT2D eigenvalue weighted by Gasteiger charge is -2.36. The standard InChI is InChI=1S/C24H33N5/c1-25-24(28-21-12-15-29(16-13-21)22-9-2-3-10-22)27-18-19-7-6-8-20(17-19)23-11-4-5-14-26-23/h4-8,11,14,17,21-22H,2-3,9-10,12-13,15-16,18H2,1H3,(H2,25,27,28). The maximum atomic E-state index is 4.45. The second-order valence-electron chi connectivity index (χ2n) is 8.23. The summed E-state index contributed by atoms with van der Waals surface area (Å²) in [4.78, 5) is 11.6. The van der Waals surface area contributed by atoms with E-state index in [4.69, 9.17) is 0 Å². The summed E-state index contributed by atoms with van der Waals surface area (Å²) in [6.45, 7) is 3.18. The molecule has 1 aromatic carbocycles. The van der Waals surface area contributed by atoms with E-state index >= 15 is 0 Å². The minimum Gasteiger partial charge on any atom is -0.354 e. The SMILES string of the molecule is CN=C(NCc1cccc(-c2ccccn2)c1)NC1CCN(C2CCCC2)CC1. The number of piperidine rings is 1. The van der Waals surface area contributed by atoms with E-state index in [2.05, 4.69) is 49.8 Å². The summed E-state index contributed by atoms with van der Waals surface area (Å²) in [6, 6.07) is 15.9. The molecule has 1 saturated carbocycles. The first-order valence-corrected chi connectivity index (χ1v) is 11.0. The quantitative estimate of drug-likeness (QED) is 0.601. The molecule has 2 aromatic rings. The fourth-order valence-electron chi connectivity index (χ4n) is 4.63. The molecule has 29 heavy (non-hydrogen) atoms. The van der Waals surface area contributed by atoms with Crippen LogP contribution in [0.4, 0.5) is 0 Å². The highest BCUT2D eigenvalue weighted by atomic mass is 15.2. The van der Waals surface area contributed by atoms with E-state index in [0.717, 1.165) is 29.8 Å². The molecule has 154 valence electrons. The fourth-order valence-corrected chi connectivity index (χ4v) is 4.63. The number of likely N-dealkylation sites (tertiary alicyclic amines) is 1. The van der Waals surface area contributed by atoms with Crippen LogP contribution in [-0.4, -0.2) is 48.1 Å². The van der Waals surface area contributed by atoms with Crippen molar-refractivity contribution >= 4 is 5.96 Å². The van der Waals surface area contributed by atoms with Gasteiger partial charge in [0.1, 0.15) is 0 Å². The van der Waals surface area contributed by atoms with Crippen molar-refractivity contribution in [1.29, 1.82) is 0 Å². The Hall–Kier alpha value is -2.40. The van der Waals surface area contributed by atoms with Gasteiger partial charge < -0.3 is 15.5 Å². The van der Waals surface area contributed by atoms with Gasteiger partial charge in [-0.05, 0) is 49.4 Å². The summed E-state index contributed by atoms with van der Waals surface area (Å²) in [5.74, 6) is 0.896. The number of hydrogen-bond donors (Lipinski definition) is 2. The van der Waals surface area contributed by atoms with Gasteiger partial charge in [-0.25, -0.2) is 0 Å². The van der Waals surface area contributed by atoms with Crippen molar-refractivity contribution in [1.82, 2.24) is 20.5 Å². The highest BCUT2D eigenvalue weighted by Gasteiger charge is 2.27. The first-order chi connectivity index (χ1) is 14.3. The molecular weight excluding hydrogens is 358 g/mol. The average molecular weight is 392 g/mol. The molecular formula is C24H33N5. The molecule has 0 bridgehead atoms. The van der Waals surface area contributed by atoms with E-state index in [0.29, 0.717) is 6.04 Å². The molecule has 5 heteroatoms. The minimum atomic E-state index is 0.513. The van der Waals surface area contributed by atoms with E-state index in [1.807, 2.05) is 31.4 Å². The van der Waals surface area contributed by atoms with Gasteiger partial charge in [-0.15, -0.1) is 0 Å². The lowest BCUT2D eigenvalue weighted by molar-refractivity contribution is 0.150. The second-order valence-corrected chi connectivity index (χ2v) is 8.23. The Morgan fingerprint density at radius 3 is 2.62 bits per heavy atom. The summed E-state index contributed by atoms with van der Waals surface area (Å²) in [5, 5.41) is 7.12. The maximum Gasteiger partial charge on any atom is 0.191 e. The van der Waals surface area contributed by atoms with Gasteiger partial charge in [-0.2, -0.15) is 0 Å². The molecule has 2 aliphatic rings. The van der Waals surface area contributed by atoms with Gasteiger partial charge in [-0.1, -0.05) is 37.1 Å². The molecule has 1 aliphatic carbocycles. The van der Waals surface area contributed by atoms with Crippen LogP contribution in [0.1, 0.15) is 44.1 Å². The zero-order chi connectivity index (χ0) is 19.9. The molecule has 5 nitrogen and oxygen atoms in total. The predicted molar refractivity (Wildman–Crippen MR) is 120 cm³/mol. The topological polar surface area (TPSA) is 52.6 Å². The van der Waals surface area contributed by atoms with Crippen molar-refractivity contribution in [2.75, 3.05) is 20.1 Å². The normalized spacial score (nSPS) is 19.4. The van der Waals surface area contributed by atoms with Gasteiger partial charge in [0, 0.05) is 50.5 Å². The number of benzene rings is 1. The van der Waals surface area contributed by atoms with Crippen molar-refractivity contribution < 1.29 is 0 Å². The van der Waals surface area contributed by atoms with Gasteiger partial charge >= 0.3 is 0 Å². The summed E-state index contributed by atoms with van der Waals surface area (Å²) in [5.41, 5.74) is 3.38. The molecule has 0 atom stereocenters. The van der Waals surface area contributed by atoms with Crippen molar-refractivity contribution in [2.24, 2.45) is 4.99 Å². The Labute approximate surface area is 174 Å². The number of hydrogen-bond acceptors (Lipinski definition) is 3. The largest absolute Gasteiger partial charge is 0.354 e. The zero-order valence-electron chi connectivity index (χ0n) is 17.5. The summed E-state index contributed by atoms with van der Waals surface area (Å²) in [7, 11) is 1.85. The Morgan fingerprint density at radius 1 is 1.07 bits per heavy atom. The smallest absolute Gasteiger partial charge is 0.191 e. The lowest BCUT2D eigenvalue weighted by atomic mass is 10.0. The van der Waals surface area contributed by atoms with Crippen LogP contribution in [0, 0.1) is 0 Å². The molecule has 2 heterocycles. The molecule has 0 radical (unpaired) electrons. The lowest BCUT2D eigenvalue weighted by Crippen LogP contribution is -2.50. The van der Waals surface area contributed by atoms with E-state index in [1.165, 1.54) is 57.2 Å². The Balaban J connectivity index is 1.27. The van der Waals surface area contributed by atoms with E-state index < -0.39 is 0 Å². The highest BCUT2D eigenvalue weighted by Crippen LogP contribution is 2.26. The van der Waals surface area contributed by atoms with Crippen molar-refractivity contribution in [3.05, 3.63) is 54.2 Å². The number of aliphatic imine (C=N–C) groups is 1. The van der Waals surface area contributed by atoms with Crippen LogP contribution < -0.4 is 10.6 Å². The summed E-state index contributed by atoms with van der Waals surface area (Å²) >= 11 is 0. The third-order valence-electron chi connectivity index (χ3n) is 6.28. The third kappa shape index (κ3) is 5.36. The van der Waals surface area contributed by atoms with Gasteiger partial charge in [0.25, 0.3) is 0 Å². The molecule has 4 rings (SSSR count). The third-order valence-corrected chi connectivity index (χ3v) is 6.28. The average Bonchev–Trinajstić information content (AvgIpc) is 3.33. The summed E-state index contributed by atoms with van der Waals surface area (Å²) in [6.07, 6.45) is 9.88. The monoisotopic (exact) mass is 391 g/mol. The number of nitrogens with one attached hydrogen (secondary N) is 2. The number of aromatic nitrogens is 1. The Kier molecular flexibility index (Phi) is 6.78. The van der Waals surface area contributed by atoms with Gasteiger partial charge in [0.15, 0.2) is 5.96 Å². The van der Waals surface area contributed by atoms with E-state index in [-0.39, 0.29) is 0 Å². The number of guanidine groups is 1. The zero-order valence-corrected chi connectivity index (χ0v) is 17.5. The van der Waals surface area contributed by atoms with Crippen LogP contribution >= 0.6 is 0 Å². The molecule has 1 aliphatic heterocycles. The Morgan fingerprint density at radius 2 is 1.90 bits per heavy atom. The molecule has 0 unspecified atom stereocenters. The minimum absolute atomic E-state index is 0.513. The maximum absolute atomic E-state index is 4.45. The van der Waals surface area contributed by atoms with Gasteiger partial charge in [0.2, 0.25) is 0 Å². The van der Waals surface area contributed by atoms with Crippen LogP contribution in [0.5, 0.6) is 0 Å². The molecule has 2 fully saturated rings. The number of rotatable bonds is 5. The van der Waals surface area contributed by atoms with Crippen LogP contribution in [-0.2, 0) is 6.54 Å². The van der Waals surface area contributed by atoms with Crippen molar-refractivity contribution in [2.45, 2.75) is 57.2 Å². The predicted octanol–water partition coefficient (Wildman–Crippen LogP) is 3.82. The second kappa shape index (κ2) is 9.88. The van der Waals surface area contributed by atoms with E-state index in [1.54, 1.807) is 0 Å². The first-order valence-electron chi connectivity index (χ1n) is 11.0. The van der Waals surface area contributed by atoms with Crippen LogP contribution in [0.2, 0.25) is 0 Å². The highest BCUT2D eigenvalue weighted by molar-refractivity contribution is 5.80. The van der Waals surface area contributed by atoms with Gasteiger partial charge in [0.05, 0.1) is 5.69 Å². The van der Waals surface area contributed by atoms with Gasteiger partial charge in [-0.3, -0.25) is 9.98 Å². The van der Waals surface area contributed by atoms with Crippen molar-refractivity contribution in [3.8, 4) is 11.3 Å². The summed E-state index contributed by atoms with van der Waals surface area (Å²) < 4.78 is 0. The number of nitrogens with zero attached hydrogens (tertiary/aromatic N) is 3. The first kappa shape index (κ1) is 19.9. The van der Waals surface area contributed by atoms with Crippen molar-refractivity contribution in [3.63, 3.8) is 0 Å². The fraction of sp³-hybridized carbons (Fsp3) is 0.500. The molecule has 1 aromatic heterocycles. The molecule has 0 amide bonds. The van der Waals surface area contributed by atoms with E-state index in [9.17, 15) is 0 Å². The Bertz CT molecular complexity index is 790. The number of pyridine rings is 1. The van der Waals surface area contributed by atoms with Crippen LogP contribution in [0.25, 0.3) is 11.3 Å².